The van der Waals surface area contributed by atoms with Gasteiger partial charge in [-0.15, -0.1) is 0 Å². The van der Waals surface area contributed by atoms with E-state index in [9.17, 15) is 23.1 Å². The number of carboxylic acid groups (broad SMARTS) is 1. The molecule has 3 aromatic carbocycles. The fraction of sp³-hybridized carbons (Fsp3) is 0.343. The molecule has 10 nitrogen and oxygen atoms in total. The van der Waals surface area contributed by atoms with Crippen molar-refractivity contribution in [3.05, 3.63) is 89.2 Å². The number of sulfonamides is 1. The number of fused-ring (bicyclic) bond motifs is 1. The van der Waals surface area contributed by atoms with Gasteiger partial charge >= 0.3 is 12.1 Å². The number of rotatable bonds is 10. The second kappa shape index (κ2) is 13.4. The van der Waals surface area contributed by atoms with E-state index in [4.69, 9.17) is 13.9 Å². The van der Waals surface area contributed by atoms with Crippen molar-refractivity contribution in [2.75, 3.05) is 0 Å². The normalized spacial score (nSPS) is 12.6. The second-order valence-electron chi connectivity index (χ2n) is 13.0. The zero-order valence-electron chi connectivity index (χ0n) is 27.1. The number of carboxylic acids is 1. The topological polar surface area (TPSA) is 144 Å². The number of carbonyl (C=O) groups excluding carboxylic acids is 1. The third kappa shape index (κ3) is 8.75. The molecular weight excluding hydrogens is 608 g/mol. The van der Waals surface area contributed by atoms with Crippen molar-refractivity contribution in [2.45, 2.75) is 78.4 Å². The van der Waals surface area contributed by atoms with E-state index in [0.717, 1.165) is 16.7 Å². The second-order valence-corrected chi connectivity index (χ2v) is 15.3. The van der Waals surface area contributed by atoms with E-state index in [1.54, 1.807) is 78.8 Å². The van der Waals surface area contributed by atoms with Gasteiger partial charge in [-0.3, -0.25) is 4.79 Å². The first-order valence-corrected chi connectivity index (χ1v) is 16.2. The fourth-order valence-corrected chi connectivity index (χ4v) is 5.23. The quantitative estimate of drug-likeness (QED) is 0.171. The van der Waals surface area contributed by atoms with Crippen molar-refractivity contribution in [2.24, 2.45) is 4.40 Å². The van der Waals surface area contributed by atoms with Crippen LogP contribution >= 0.6 is 0 Å². The summed E-state index contributed by atoms with van der Waals surface area (Å²) in [7, 11) is -3.81. The molecule has 0 radical (unpaired) electrons. The van der Waals surface area contributed by atoms with E-state index in [1.807, 2.05) is 36.4 Å². The molecule has 11 heteroatoms. The molecule has 0 saturated carbocycles. The van der Waals surface area contributed by atoms with Crippen molar-refractivity contribution in [3.63, 3.8) is 0 Å². The lowest BCUT2D eigenvalue weighted by Crippen LogP contribution is -2.32. The van der Waals surface area contributed by atoms with Crippen LogP contribution in [0.5, 0.6) is 5.75 Å². The van der Waals surface area contributed by atoms with Gasteiger partial charge in [-0.1, -0.05) is 36.4 Å². The molecule has 0 saturated heterocycles. The van der Waals surface area contributed by atoms with Crippen LogP contribution in [0.4, 0.5) is 4.79 Å². The lowest BCUT2D eigenvalue weighted by atomic mass is 9.99. The highest BCUT2D eigenvalue weighted by Gasteiger charge is 2.29. The molecular formula is C35H40N2O8S. The van der Waals surface area contributed by atoms with Gasteiger partial charge in [-0.05, 0) is 95.5 Å². The van der Waals surface area contributed by atoms with Crippen molar-refractivity contribution >= 4 is 38.8 Å². The van der Waals surface area contributed by atoms with Gasteiger partial charge in [-0.2, -0.15) is 4.40 Å². The number of alkyl carbamates (subject to hydrolysis) is 1. The molecule has 2 N–H and O–H groups in total. The molecule has 0 spiro atoms. The van der Waals surface area contributed by atoms with Crippen LogP contribution in [0.25, 0.3) is 22.1 Å². The molecule has 0 aliphatic rings. The number of furan rings is 1. The van der Waals surface area contributed by atoms with E-state index < -0.39 is 32.4 Å². The first-order valence-electron chi connectivity index (χ1n) is 14.8. The maximum Gasteiger partial charge on any atom is 0.407 e. The number of nitrogens with one attached hydrogen (secondary N) is 1. The van der Waals surface area contributed by atoms with Crippen molar-refractivity contribution < 1.29 is 37.0 Å². The molecule has 0 aliphatic carbocycles. The molecule has 1 heterocycles. The van der Waals surface area contributed by atoms with Crippen molar-refractivity contribution in [1.29, 1.82) is 0 Å². The van der Waals surface area contributed by atoms with Gasteiger partial charge in [0, 0.05) is 23.1 Å². The first kappa shape index (κ1) is 34.2. The Bertz CT molecular complexity index is 1890. The number of carbonyl (C=O) groups is 2. The van der Waals surface area contributed by atoms with Crippen LogP contribution in [-0.4, -0.2) is 41.6 Å². The molecule has 4 aromatic rings. The molecule has 0 aliphatic heterocycles. The molecule has 1 aromatic heterocycles. The molecule has 0 bridgehead atoms. The van der Waals surface area contributed by atoms with Gasteiger partial charge in [0.05, 0.1) is 16.9 Å². The first-order chi connectivity index (χ1) is 21.4. The van der Waals surface area contributed by atoms with Crippen molar-refractivity contribution in [1.82, 2.24) is 5.32 Å². The Labute approximate surface area is 269 Å². The van der Waals surface area contributed by atoms with E-state index in [2.05, 4.69) is 9.71 Å². The number of amides is 1. The van der Waals surface area contributed by atoms with Gasteiger partial charge < -0.3 is 24.3 Å². The number of benzene rings is 3. The molecule has 0 unspecified atom stereocenters. The minimum Gasteiger partial charge on any atom is -0.489 e. The van der Waals surface area contributed by atoms with Crippen molar-refractivity contribution in [3.8, 4) is 16.9 Å². The molecule has 0 fully saturated rings. The maximum absolute atomic E-state index is 12.8. The highest BCUT2D eigenvalue weighted by atomic mass is 32.2. The largest absolute Gasteiger partial charge is 0.489 e. The lowest BCUT2D eigenvalue weighted by Gasteiger charge is -2.19. The third-order valence-corrected chi connectivity index (χ3v) is 8.91. The summed E-state index contributed by atoms with van der Waals surface area (Å²) >= 11 is 0. The standard InChI is InChI=1S/C35H40N2O8S/c1-22(37-46(41,42)35(5,6)7)30-18-27-16-24(21-43-29-14-9-8-12-26(29)19-31(38)39)17-28(32(27)44-30)25-13-10-11-23(15-25)20-36-33(40)45-34(2,3)4/h8-18H,19-21H2,1-7H3,(H,36,40)(H,38,39). The molecule has 0 atom stereocenters. The number of nitrogens with zero attached hydrogens (tertiary/aromatic N) is 1. The molecule has 244 valence electrons. The highest BCUT2D eigenvalue weighted by Crippen LogP contribution is 2.34. The smallest absolute Gasteiger partial charge is 0.407 e. The predicted octanol–water partition coefficient (Wildman–Crippen LogP) is 7.27. The van der Waals surface area contributed by atoms with Gasteiger partial charge in [-0.25, -0.2) is 13.2 Å². The third-order valence-electron chi connectivity index (χ3n) is 6.85. The summed E-state index contributed by atoms with van der Waals surface area (Å²) in [5.41, 5.74) is 3.76. The number of para-hydroxylation sites is 1. The van der Waals surface area contributed by atoms with Crippen LogP contribution in [0.3, 0.4) is 0 Å². The van der Waals surface area contributed by atoms with Gasteiger partial charge in [0.15, 0.2) is 0 Å². The monoisotopic (exact) mass is 648 g/mol. The van der Waals surface area contributed by atoms with E-state index >= 15 is 0 Å². The molecule has 1 amide bonds. The Morgan fingerprint density at radius 2 is 1.65 bits per heavy atom. The number of hydrogen-bond acceptors (Lipinski definition) is 7. The Kier molecular flexibility index (Phi) is 9.96. The Balaban J connectivity index is 1.75. The van der Waals surface area contributed by atoms with Gasteiger partial charge in [0.1, 0.15) is 29.3 Å². The Hall–Kier alpha value is -4.64. The average Bonchev–Trinajstić information content (AvgIpc) is 3.38. The van der Waals surface area contributed by atoms with Crippen LogP contribution in [0.15, 0.2) is 75.5 Å². The summed E-state index contributed by atoms with van der Waals surface area (Å²) in [6, 6.07) is 20.1. The lowest BCUT2D eigenvalue weighted by molar-refractivity contribution is -0.136. The van der Waals surface area contributed by atoms with Gasteiger partial charge in [0.2, 0.25) is 0 Å². The zero-order valence-corrected chi connectivity index (χ0v) is 27.9. The summed E-state index contributed by atoms with van der Waals surface area (Å²) in [6.07, 6.45) is -0.704. The van der Waals surface area contributed by atoms with Crippen LogP contribution in [0, 0.1) is 0 Å². The maximum atomic E-state index is 12.8. The zero-order chi connectivity index (χ0) is 33.9. The Morgan fingerprint density at radius 3 is 2.33 bits per heavy atom. The van der Waals surface area contributed by atoms with Crippen LogP contribution in [0.2, 0.25) is 0 Å². The highest BCUT2D eigenvalue weighted by molar-refractivity contribution is 7.91. The number of hydrogen-bond donors (Lipinski definition) is 2. The summed E-state index contributed by atoms with van der Waals surface area (Å²) < 4.78 is 46.3. The molecule has 4 rings (SSSR count). The van der Waals surface area contributed by atoms with E-state index in [0.29, 0.717) is 33.6 Å². The average molecular weight is 649 g/mol. The number of ether oxygens (including phenoxy) is 2. The van der Waals surface area contributed by atoms with Gasteiger partial charge in [0.25, 0.3) is 10.0 Å². The summed E-state index contributed by atoms with van der Waals surface area (Å²) in [5.74, 6) is -0.195. The van der Waals surface area contributed by atoms with Crippen LogP contribution in [-0.2, 0) is 39.1 Å². The Morgan fingerprint density at radius 1 is 0.935 bits per heavy atom. The fourth-order valence-electron chi connectivity index (χ4n) is 4.51. The number of aliphatic carboxylic acids is 1. The SMILES string of the molecule is CC(=NS(=O)(=O)C(C)(C)C)c1cc2cc(COc3ccccc3CC(=O)O)cc(-c3cccc(CNC(=O)OC(C)(C)C)c3)c2o1. The predicted molar refractivity (Wildman–Crippen MR) is 178 cm³/mol. The summed E-state index contributed by atoms with van der Waals surface area (Å²) in [4.78, 5) is 23.6. The van der Waals surface area contributed by atoms with Crippen LogP contribution in [0.1, 0.15) is 70.9 Å². The minimum atomic E-state index is -3.81. The summed E-state index contributed by atoms with van der Waals surface area (Å²) in [5, 5.41) is 12.8. The van der Waals surface area contributed by atoms with Crippen LogP contribution < -0.4 is 10.1 Å². The summed E-state index contributed by atoms with van der Waals surface area (Å²) in [6.45, 7) is 12.1. The van der Waals surface area contributed by atoms with E-state index in [-0.39, 0.29) is 25.3 Å². The minimum absolute atomic E-state index is 0.130. The molecule has 46 heavy (non-hydrogen) atoms. The van der Waals surface area contributed by atoms with E-state index in [1.165, 1.54) is 0 Å².